The van der Waals surface area contributed by atoms with Crippen molar-refractivity contribution in [2.45, 2.75) is 77.3 Å². The maximum absolute atomic E-state index is 14.2. The molecule has 1 aliphatic carbocycles. The average Bonchev–Trinajstić information content (AvgIpc) is 1.53. The molecular weight excluding hydrogens is 1900 g/mol. The van der Waals surface area contributed by atoms with Gasteiger partial charge in [0.25, 0.3) is 0 Å². The second-order valence-corrected chi connectivity index (χ2v) is 39.4. The molecule has 0 atom stereocenters. The summed E-state index contributed by atoms with van der Waals surface area (Å²) in [6.45, 7) is 11.1. The van der Waals surface area contributed by atoms with Gasteiger partial charge in [0, 0.05) is 87.3 Å². The van der Waals surface area contributed by atoms with E-state index >= 15 is 0 Å². The number of benzene rings is 14. The van der Waals surface area contributed by atoms with Crippen molar-refractivity contribution in [2.24, 2.45) is 5.92 Å². The summed E-state index contributed by atoms with van der Waals surface area (Å²) in [5.74, 6) is 3.34. The molecule has 0 radical (unpaired) electrons. The Hall–Kier alpha value is -15.0. The van der Waals surface area contributed by atoms with Crippen LogP contribution in [0.2, 0.25) is 25.1 Å². The number of fused-ring (bicyclic) bond motifs is 4. The zero-order valence-corrected chi connectivity index (χ0v) is 83.2. The lowest BCUT2D eigenvalue weighted by Crippen LogP contribution is -2.32. The van der Waals surface area contributed by atoms with Gasteiger partial charge in [-0.25, -0.2) is 28.7 Å². The summed E-state index contributed by atoms with van der Waals surface area (Å²) in [6.07, 6.45) is 10.5. The predicted molar refractivity (Wildman–Crippen MR) is 582 cm³/mol. The highest BCUT2D eigenvalue weighted by atomic mass is 35.5. The van der Waals surface area contributed by atoms with Gasteiger partial charge in [0.05, 0.1) is 116 Å². The van der Waals surface area contributed by atoms with Crippen LogP contribution in [-0.2, 0) is 13.1 Å². The van der Waals surface area contributed by atoms with Gasteiger partial charge in [0.2, 0.25) is 0 Å². The summed E-state index contributed by atoms with van der Waals surface area (Å²) in [5.41, 5.74) is 34.0. The summed E-state index contributed by atoms with van der Waals surface area (Å²) >= 11 is 31.1. The topological polar surface area (TPSA) is 232 Å². The van der Waals surface area contributed by atoms with Gasteiger partial charge >= 0.3 is 0 Å². The van der Waals surface area contributed by atoms with E-state index in [9.17, 15) is 29.8 Å². The van der Waals surface area contributed by atoms with Crippen molar-refractivity contribution in [2.75, 3.05) is 58.9 Å². The molecule has 4 aliphatic heterocycles. The number of halogens is 7. The summed E-state index contributed by atoms with van der Waals surface area (Å²) in [6, 6.07) is 109. The fourth-order valence-electron chi connectivity index (χ4n) is 19.9. The Morgan fingerprint density at radius 3 is 0.938 bits per heavy atom. The summed E-state index contributed by atoms with van der Waals surface area (Å²) in [5, 5.41) is 42.6. The van der Waals surface area contributed by atoms with Gasteiger partial charge in [-0.1, -0.05) is 287 Å². The highest BCUT2D eigenvalue weighted by molar-refractivity contribution is 6.43. The van der Waals surface area contributed by atoms with Crippen molar-refractivity contribution in [3.05, 3.63) is 447 Å². The molecule has 23 heteroatoms. The molecule has 4 saturated heterocycles. The Morgan fingerprint density at radius 1 is 0.297 bits per heavy atom. The number of aromatic amines is 4. The molecule has 5 N–H and O–H groups in total. The molecule has 8 heterocycles. The minimum absolute atomic E-state index is 0.0629. The number of imidazole rings is 4. The van der Waals surface area contributed by atoms with E-state index in [-0.39, 0.29) is 10.8 Å². The van der Waals surface area contributed by atoms with E-state index in [1.165, 1.54) is 76.6 Å². The van der Waals surface area contributed by atoms with E-state index in [2.05, 4.69) is 216 Å². The number of piperidine rings is 4. The van der Waals surface area contributed by atoms with Crippen LogP contribution in [0.25, 0.3) is 111 Å². The number of hydrogen-bond donors (Lipinski definition) is 5. The molecule has 4 aromatic heterocycles. The molecule has 1 saturated carbocycles. The molecule has 14 aromatic carbocycles. The lowest BCUT2D eigenvalue weighted by molar-refractivity contribution is 0.247. The number of H-pyrrole nitrogens is 4. The van der Waals surface area contributed by atoms with Gasteiger partial charge < -0.3 is 30.2 Å². The number of nitrogens with zero attached hydrogens (tertiary/aromatic N) is 11. The molecule has 5 aliphatic rings. The Morgan fingerprint density at radius 2 is 0.600 bits per heavy atom. The maximum atomic E-state index is 14.2. The van der Waals surface area contributed by atoms with Crippen LogP contribution in [0.1, 0.15) is 143 Å². The summed E-state index contributed by atoms with van der Waals surface area (Å²) in [4.78, 5) is 40.8. The van der Waals surface area contributed by atoms with E-state index < -0.39 is 5.82 Å². The first kappa shape index (κ1) is 97.5. The Balaban J connectivity index is 0.000000118. The second-order valence-electron chi connectivity index (χ2n) is 37.4. The number of nitriles is 4. The van der Waals surface area contributed by atoms with E-state index in [1.54, 1.807) is 24.3 Å². The van der Waals surface area contributed by atoms with Crippen molar-refractivity contribution in [1.82, 2.24) is 59.9 Å². The smallest absolute Gasteiger partial charge is 0.144 e. The molecule has 23 rings (SSSR count). The van der Waals surface area contributed by atoms with Crippen molar-refractivity contribution < 1.29 is 8.78 Å². The van der Waals surface area contributed by atoms with Crippen LogP contribution < -0.4 is 5.32 Å². The monoisotopic (exact) mass is 2000 g/mol. The molecule has 5 fully saturated rings. The molecule has 0 unspecified atom stereocenters. The summed E-state index contributed by atoms with van der Waals surface area (Å²) < 4.78 is 28.1. The Labute approximate surface area is 866 Å². The van der Waals surface area contributed by atoms with Gasteiger partial charge in [0.15, 0.2) is 0 Å². The molecular formula is C122H99Cl5F2N16. The minimum atomic E-state index is -0.466. The van der Waals surface area contributed by atoms with Crippen LogP contribution >= 0.6 is 58.0 Å². The van der Waals surface area contributed by atoms with Crippen LogP contribution in [0.5, 0.6) is 0 Å². The van der Waals surface area contributed by atoms with Gasteiger partial charge in [-0.3, -0.25) is 9.80 Å². The van der Waals surface area contributed by atoms with Crippen molar-refractivity contribution in [3.63, 3.8) is 0 Å². The zero-order valence-electron chi connectivity index (χ0n) is 79.4. The first-order chi connectivity index (χ1) is 70.9. The van der Waals surface area contributed by atoms with Crippen LogP contribution in [0.3, 0.4) is 0 Å². The molecule has 16 nitrogen and oxygen atoms in total. The lowest BCUT2D eigenvalue weighted by Gasteiger charge is -2.30. The minimum Gasteiger partial charge on any atom is -0.338 e. The number of nitrogens with one attached hydrogen (secondary N) is 5. The van der Waals surface area contributed by atoms with Crippen LogP contribution in [0, 0.1) is 62.9 Å². The molecule has 716 valence electrons. The second kappa shape index (κ2) is 44.9. The van der Waals surface area contributed by atoms with Crippen molar-refractivity contribution >= 4 is 124 Å². The van der Waals surface area contributed by atoms with Crippen LogP contribution in [0.15, 0.2) is 332 Å². The Kier molecular flexibility index (Phi) is 30.2. The van der Waals surface area contributed by atoms with Crippen LogP contribution in [-0.4, -0.2) is 113 Å². The fourth-order valence-corrected chi connectivity index (χ4v) is 20.7. The standard InChI is InChI=1S/C33H26ClFN4.C33H27FN4.C30H26Cl2N4.C26H20Cl2N4/c34-28-18-30-31(19-29(28)35)38-33(37-30)32(26-13-15-39(16-14-26)21-22-5-2-1-3-6-22)25-11-9-24(10-12-25)27-8-4-7-23(17-27)20-36;34-29-13-14-30-31(20-29)37-33(36-30)32(27-15-17-38(18-16-27)22-23-5-2-1-3-6-23)26-11-9-25(10-12-26)28-8-4-7-24(19-28)21-35;31-25-15-27-28(16-26(25)32)35-30(34-27)29(23-10-12-36(13-11-23)18-19-4-5-19)22-8-6-21(7-9-22)24-3-1-2-20(14-24)17-33;27-21-13-23-24(14-22(21)28)32-26(31-23)25(19-8-10-30-11-9-19)18-6-4-17(5-7-18)20-3-1-2-16(12-20)15-29/h1-12,17-19H,13-16,21H2,(H,37,38);1-14,19-20H,15-18,22H2,(H,36,37);1-3,6-9,14-16,19H,4-5,10-13,18H2,(H,34,35);1-7,12-14,30H,8-11H2,(H,31,32). The molecule has 145 heavy (non-hydrogen) atoms. The number of aromatic nitrogens is 8. The van der Waals surface area contributed by atoms with E-state index in [0.717, 1.165) is 257 Å². The maximum Gasteiger partial charge on any atom is 0.144 e. The summed E-state index contributed by atoms with van der Waals surface area (Å²) in [7, 11) is 0. The number of likely N-dealkylation sites (tertiary alicyclic amines) is 3. The van der Waals surface area contributed by atoms with Gasteiger partial charge in [-0.15, -0.1) is 0 Å². The van der Waals surface area contributed by atoms with Crippen molar-refractivity contribution in [1.29, 1.82) is 21.0 Å². The first-order valence-corrected chi connectivity index (χ1v) is 50.8. The predicted octanol–water partition coefficient (Wildman–Crippen LogP) is 29.6. The highest BCUT2D eigenvalue weighted by Gasteiger charge is 2.30. The van der Waals surface area contributed by atoms with Gasteiger partial charge in [-0.2, -0.15) is 21.0 Å². The van der Waals surface area contributed by atoms with Gasteiger partial charge in [-0.05, 0) is 258 Å². The normalized spacial score (nSPS) is 14.5. The first-order valence-electron chi connectivity index (χ1n) is 48.9. The third kappa shape index (κ3) is 23.3. The van der Waals surface area contributed by atoms with E-state index in [1.807, 2.05) is 115 Å². The van der Waals surface area contributed by atoms with E-state index in [4.69, 9.17) is 77.9 Å². The van der Waals surface area contributed by atoms with E-state index in [0.29, 0.717) is 58.9 Å². The molecule has 18 aromatic rings. The lowest BCUT2D eigenvalue weighted by atomic mass is 9.91. The quantitative estimate of drug-likeness (QED) is 0.0540. The average molecular weight is 2000 g/mol. The fraction of sp³-hybridized carbons (Fsp3) is 0.180. The third-order valence-corrected chi connectivity index (χ3v) is 29.4. The SMILES string of the molecule is N#Cc1cccc(-c2ccc(C(=C3CCN(CC4CC4)CC3)c3nc4cc(Cl)c(Cl)cc4[nH]3)cc2)c1.N#Cc1cccc(-c2ccc(C(=C3CCN(Cc4ccccc4)CC3)c3nc4cc(Cl)c(F)cc4[nH]3)cc2)c1.N#Cc1cccc(-c2ccc(C(=C3CCN(Cc4ccccc4)CC3)c3nc4ccc(F)cc4[nH]3)cc2)c1.N#Cc1cccc(-c2ccc(C(=C3CCNCC3)c3nc4cc(Cl)c(Cl)cc4[nH]3)cc2)c1. The number of rotatable bonds is 18. The zero-order chi connectivity index (χ0) is 99.4. The van der Waals surface area contributed by atoms with Crippen molar-refractivity contribution in [3.8, 4) is 68.8 Å². The number of hydrogen-bond acceptors (Lipinski definition) is 12. The van der Waals surface area contributed by atoms with Gasteiger partial charge in [0.1, 0.15) is 34.9 Å². The molecule has 0 amide bonds. The molecule has 0 bridgehead atoms. The third-order valence-electron chi connectivity index (χ3n) is 27.7. The Bertz CT molecular complexity index is 8020. The molecule has 0 spiro atoms. The largest absolute Gasteiger partial charge is 0.338 e. The van der Waals surface area contributed by atoms with Crippen LogP contribution in [0.4, 0.5) is 8.78 Å². The highest BCUT2D eigenvalue weighted by Crippen LogP contribution is 2.43.